The summed E-state index contributed by atoms with van der Waals surface area (Å²) < 4.78 is 10.3. The predicted molar refractivity (Wildman–Crippen MR) is 130 cm³/mol. The van der Waals surface area contributed by atoms with Crippen molar-refractivity contribution in [2.24, 2.45) is 0 Å². The lowest BCUT2D eigenvalue weighted by molar-refractivity contribution is -0.121. The molecule has 8 nitrogen and oxygen atoms in total. The van der Waals surface area contributed by atoms with Crippen molar-refractivity contribution < 1.29 is 28.7 Å². The first-order chi connectivity index (χ1) is 16.4. The normalized spacial score (nSPS) is 10.3. The smallest absolute Gasteiger partial charge is 0.338 e. The fourth-order valence-corrected chi connectivity index (χ4v) is 2.84. The van der Waals surface area contributed by atoms with E-state index in [0.717, 1.165) is 25.7 Å². The number of carbonyl (C=O) groups is 4. The Morgan fingerprint density at radius 3 is 1.29 bits per heavy atom. The van der Waals surface area contributed by atoms with Crippen molar-refractivity contribution in [3.63, 3.8) is 0 Å². The zero-order valence-electron chi connectivity index (χ0n) is 19.7. The number of amides is 2. The van der Waals surface area contributed by atoms with Gasteiger partial charge in [-0.3, -0.25) is 9.59 Å². The molecule has 34 heavy (non-hydrogen) atoms. The third-order valence-electron chi connectivity index (χ3n) is 4.85. The Morgan fingerprint density at radius 1 is 0.618 bits per heavy atom. The van der Waals surface area contributed by atoms with Gasteiger partial charge in [-0.1, -0.05) is 26.7 Å². The molecule has 2 aromatic rings. The van der Waals surface area contributed by atoms with E-state index in [2.05, 4.69) is 10.6 Å². The van der Waals surface area contributed by atoms with E-state index in [1.165, 1.54) is 0 Å². The van der Waals surface area contributed by atoms with Gasteiger partial charge in [-0.25, -0.2) is 9.59 Å². The highest BCUT2D eigenvalue weighted by Crippen LogP contribution is 2.13. The van der Waals surface area contributed by atoms with Crippen LogP contribution in [0.25, 0.3) is 0 Å². The maximum atomic E-state index is 12.2. The average Bonchev–Trinajstić information content (AvgIpc) is 2.84. The van der Waals surface area contributed by atoms with Gasteiger partial charge < -0.3 is 20.1 Å². The molecule has 0 spiro atoms. The van der Waals surface area contributed by atoms with Crippen LogP contribution in [0.3, 0.4) is 0 Å². The number of carbonyl (C=O) groups excluding carboxylic acids is 4. The number of benzene rings is 2. The fraction of sp³-hybridized carbons (Fsp3) is 0.385. The van der Waals surface area contributed by atoms with E-state index >= 15 is 0 Å². The zero-order valence-corrected chi connectivity index (χ0v) is 19.7. The van der Waals surface area contributed by atoms with Crippen LogP contribution in [-0.4, -0.2) is 37.0 Å². The quantitative estimate of drug-likeness (QED) is 0.318. The van der Waals surface area contributed by atoms with E-state index in [-0.39, 0.29) is 24.7 Å². The minimum Gasteiger partial charge on any atom is -0.462 e. The Bertz CT molecular complexity index is 875. The molecule has 0 heterocycles. The summed E-state index contributed by atoms with van der Waals surface area (Å²) in [5.41, 5.74) is 1.87. The number of esters is 2. The SMILES string of the molecule is CCCCOC(=O)c1ccc(NC(=O)CCC(=O)Nc2ccc(C(=O)OCCCC)cc2)cc1. The van der Waals surface area contributed by atoms with Gasteiger partial charge in [0.25, 0.3) is 0 Å². The molecule has 8 heteroatoms. The Balaban J connectivity index is 1.74. The Labute approximate surface area is 200 Å². The molecule has 0 atom stereocenters. The maximum absolute atomic E-state index is 12.2. The number of rotatable bonds is 13. The first-order valence-corrected chi connectivity index (χ1v) is 11.6. The Morgan fingerprint density at radius 2 is 0.971 bits per heavy atom. The number of nitrogens with one attached hydrogen (secondary N) is 2. The number of anilines is 2. The van der Waals surface area contributed by atoms with Gasteiger partial charge in [0, 0.05) is 24.2 Å². The van der Waals surface area contributed by atoms with Crippen LogP contribution in [0.5, 0.6) is 0 Å². The molecular weight excluding hydrogens is 436 g/mol. The summed E-state index contributed by atoms with van der Waals surface area (Å²) in [4.78, 5) is 48.1. The highest BCUT2D eigenvalue weighted by atomic mass is 16.5. The van der Waals surface area contributed by atoms with Gasteiger partial charge in [-0.15, -0.1) is 0 Å². The highest BCUT2D eigenvalue weighted by molar-refractivity contribution is 5.97. The molecule has 0 aromatic heterocycles. The molecule has 0 aliphatic heterocycles. The Hall–Kier alpha value is -3.68. The van der Waals surface area contributed by atoms with Crippen LogP contribution in [0.1, 0.15) is 73.1 Å². The minimum absolute atomic E-state index is 0.00547. The van der Waals surface area contributed by atoms with Crippen LogP contribution in [0, 0.1) is 0 Å². The molecule has 0 saturated carbocycles. The lowest BCUT2D eigenvalue weighted by Crippen LogP contribution is -2.17. The second-order valence-corrected chi connectivity index (χ2v) is 7.73. The van der Waals surface area contributed by atoms with Crippen molar-refractivity contribution in [2.75, 3.05) is 23.8 Å². The van der Waals surface area contributed by atoms with Crippen LogP contribution < -0.4 is 10.6 Å². The van der Waals surface area contributed by atoms with Crippen molar-refractivity contribution in [1.29, 1.82) is 0 Å². The third-order valence-corrected chi connectivity index (χ3v) is 4.85. The summed E-state index contributed by atoms with van der Waals surface area (Å²) in [6.07, 6.45) is 3.50. The second kappa shape index (κ2) is 14.5. The van der Waals surface area contributed by atoms with Crippen LogP contribution in [0.4, 0.5) is 11.4 Å². The standard InChI is InChI=1S/C26H32N2O6/c1-3-5-17-33-25(31)19-7-11-21(12-8-19)27-23(29)15-16-24(30)28-22-13-9-20(10-14-22)26(32)34-18-6-4-2/h7-14H,3-6,15-18H2,1-2H3,(H,27,29)(H,28,30). The van der Waals surface area contributed by atoms with Crippen LogP contribution in [-0.2, 0) is 19.1 Å². The molecule has 0 radical (unpaired) electrons. The topological polar surface area (TPSA) is 111 Å². The number of unbranched alkanes of at least 4 members (excludes halogenated alkanes) is 2. The fourth-order valence-electron chi connectivity index (χ4n) is 2.84. The summed E-state index contributed by atoms with van der Waals surface area (Å²) in [5.74, 6) is -1.44. The number of hydrogen-bond donors (Lipinski definition) is 2. The van der Waals surface area contributed by atoms with Gasteiger partial charge in [0.05, 0.1) is 24.3 Å². The van der Waals surface area contributed by atoms with Gasteiger partial charge in [0.2, 0.25) is 11.8 Å². The monoisotopic (exact) mass is 468 g/mol. The first-order valence-electron chi connectivity index (χ1n) is 11.6. The van der Waals surface area contributed by atoms with Gasteiger partial charge in [-0.2, -0.15) is 0 Å². The van der Waals surface area contributed by atoms with Gasteiger partial charge in [0.1, 0.15) is 0 Å². The molecular formula is C26H32N2O6. The van der Waals surface area contributed by atoms with E-state index in [1.807, 2.05) is 13.8 Å². The number of ether oxygens (including phenoxy) is 2. The number of hydrogen-bond acceptors (Lipinski definition) is 6. The van der Waals surface area contributed by atoms with Crippen LogP contribution in [0.15, 0.2) is 48.5 Å². The zero-order chi connectivity index (χ0) is 24.8. The summed E-state index contributed by atoms with van der Waals surface area (Å²) in [6, 6.07) is 12.8. The van der Waals surface area contributed by atoms with E-state index in [9.17, 15) is 19.2 Å². The van der Waals surface area contributed by atoms with Crippen molar-refractivity contribution in [3.8, 4) is 0 Å². The molecule has 2 N–H and O–H groups in total. The van der Waals surface area contributed by atoms with E-state index in [0.29, 0.717) is 35.7 Å². The molecule has 2 amide bonds. The summed E-state index contributed by atoms with van der Waals surface area (Å²) >= 11 is 0. The van der Waals surface area contributed by atoms with Gasteiger partial charge >= 0.3 is 11.9 Å². The van der Waals surface area contributed by atoms with Gasteiger partial charge in [-0.05, 0) is 61.4 Å². The molecule has 182 valence electrons. The highest BCUT2D eigenvalue weighted by Gasteiger charge is 2.11. The molecule has 0 aliphatic carbocycles. The molecule has 2 rings (SSSR count). The van der Waals surface area contributed by atoms with E-state index in [4.69, 9.17) is 9.47 Å². The first kappa shape index (κ1) is 26.6. The predicted octanol–water partition coefficient (Wildman–Crippen LogP) is 4.96. The summed E-state index contributed by atoms with van der Waals surface area (Å²) in [7, 11) is 0. The third kappa shape index (κ3) is 9.44. The summed E-state index contributed by atoms with van der Waals surface area (Å²) in [6.45, 7) is 4.79. The average molecular weight is 469 g/mol. The Kier molecular flexibility index (Phi) is 11.3. The lowest BCUT2D eigenvalue weighted by Gasteiger charge is -2.08. The minimum atomic E-state index is -0.399. The lowest BCUT2D eigenvalue weighted by atomic mass is 10.2. The van der Waals surface area contributed by atoms with Crippen LogP contribution in [0.2, 0.25) is 0 Å². The van der Waals surface area contributed by atoms with E-state index in [1.54, 1.807) is 48.5 Å². The second-order valence-electron chi connectivity index (χ2n) is 7.73. The van der Waals surface area contributed by atoms with Crippen LogP contribution >= 0.6 is 0 Å². The van der Waals surface area contributed by atoms with Crippen molar-refractivity contribution in [1.82, 2.24) is 0 Å². The van der Waals surface area contributed by atoms with E-state index < -0.39 is 11.9 Å². The molecule has 0 bridgehead atoms. The summed E-state index contributed by atoms with van der Waals surface area (Å²) in [5, 5.41) is 5.40. The van der Waals surface area contributed by atoms with Crippen molar-refractivity contribution in [2.45, 2.75) is 52.4 Å². The molecule has 0 aliphatic rings. The molecule has 2 aromatic carbocycles. The molecule has 0 unspecified atom stereocenters. The largest absolute Gasteiger partial charge is 0.462 e. The maximum Gasteiger partial charge on any atom is 0.338 e. The molecule has 0 saturated heterocycles. The van der Waals surface area contributed by atoms with Crippen molar-refractivity contribution in [3.05, 3.63) is 59.7 Å². The molecule has 0 fully saturated rings. The van der Waals surface area contributed by atoms with Crippen molar-refractivity contribution >= 4 is 35.1 Å². The van der Waals surface area contributed by atoms with Gasteiger partial charge in [0.15, 0.2) is 0 Å².